The van der Waals surface area contributed by atoms with Crippen LogP contribution in [0.25, 0.3) is 0 Å². The van der Waals surface area contributed by atoms with Gasteiger partial charge < -0.3 is 15.4 Å². The van der Waals surface area contributed by atoms with E-state index in [1.54, 1.807) is 6.07 Å². The number of hydrogen-bond acceptors (Lipinski definition) is 8. The minimum atomic E-state index is -0.888. The SMILES string of the molecule is C/C(N)=C(/C#N)C(=O)COC(=O)c1ccc(N2CCCC2)c([N+](=O)[O-])c1. The molecule has 0 saturated carbocycles. The van der Waals surface area contributed by atoms with Gasteiger partial charge in [-0.2, -0.15) is 5.26 Å². The number of benzene rings is 1. The Morgan fingerprint density at radius 3 is 2.58 bits per heavy atom. The number of nitriles is 1. The molecule has 2 N–H and O–H groups in total. The standard InChI is InChI=1S/C17H18N4O5/c1-11(19)13(9-18)16(22)10-26-17(23)12-4-5-14(15(8-12)21(24)25)20-6-2-3-7-20/h4-5,8H,2-3,6-7,10,19H2,1H3/b13-11+. The normalized spacial score (nSPS) is 14.4. The van der Waals surface area contributed by atoms with E-state index in [1.165, 1.54) is 19.1 Å². The topological polar surface area (TPSA) is 140 Å². The van der Waals surface area contributed by atoms with Crippen LogP contribution in [0.1, 0.15) is 30.1 Å². The number of ketones is 1. The van der Waals surface area contributed by atoms with E-state index in [0.29, 0.717) is 5.69 Å². The lowest BCUT2D eigenvalue weighted by atomic mass is 10.1. The predicted molar refractivity (Wildman–Crippen MR) is 92.3 cm³/mol. The fraction of sp³-hybridized carbons (Fsp3) is 0.353. The third-order valence-corrected chi connectivity index (χ3v) is 3.97. The van der Waals surface area contributed by atoms with Crippen LogP contribution < -0.4 is 10.6 Å². The number of nitro groups is 1. The molecular weight excluding hydrogens is 340 g/mol. The van der Waals surface area contributed by atoms with Crippen LogP contribution >= 0.6 is 0 Å². The lowest BCUT2D eigenvalue weighted by Crippen LogP contribution is -2.20. The van der Waals surface area contributed by atoms with Crippen LogP contribution in [0.5, 0.6) is 0 Å². The number of carbonyl (C=O) groups is 2. The van der Waals surface area contributed by atoms with Crippen LogP contribution in [0, 0.1) is 21.4 Å². The summed E-state index contributed by atoms with van der Waals surface area (Å²) < 4.78 is 4.86. The predicted octanol–water partition coefficient (Wildman–Crippen LogP) is 1.68. The zero-order valence-electron chi connectivity index (χ0n) is 14.2. The summed E-state index contributed by atoms with van der Waals surface area (Å²) in [6.07, 6.45) is 1.91. The summed E-state index contributed by atoms with van der Waals surface area (Å²) in [5, 5.41) is 20.2. The van der Waals surface area contributed by atoms with Gasteiger partial charge in [0.1, 0.15) is 17.3 Å². The lowest BCUT2D eigenvalue weighted by molar-refractivity contribution is -0.384. The van der Waals surface area contributed by atoms with Crippen molar-refractivity contribution in [3.63, 3.8) is 0 Å². The van der Waals surface area contributed by atoms with Crippen LogP contribution in [0.15, 0.2) is 29.5 Å². The first kappa shape index (κ1) is 18.9. The second-order valence-corrected chi connectivity index (χ2v) is 5.82. The molecule has 1 saturated heterocycles. The van der Waals surface area contributed by atoms with E-state index in [4.69, 9.17) is 15.7 Å². The summed E-state index contributed by atoms with van der Waals surface area (Å²) in [7, 11) is 0. The summed E-state index contributed by atoms with van der Waals surface area (Å²) in [4.78, 5) is 36.6. The van der Waals surface area contributed by atoms with Crippen LogP contribution in [0.4, 0.5) is 11.4 Å². The van der Waals surface area contributed by atoms with E-state index in [0.717, 1.165) is 32.0 Å². The fourth-order valence-electron chi connectivity index (χ4n) is 2.68. The molecule has 1 aromatic carbocycles. The first-order valence-corrected chi connectivity index (χ1v) is 7.95. The molecule has 0 atom stereocenters. The molecule has 0 bridgehead atoms. The van der Waals surface area contributed by atoms with E-state index in [1.807, 2.05) is 4.90 Å². The Labute approximate surface area is 149 Å². The molecule has 9 nitrogen and oxygen atoms in total. The minimum Gasteiger partial charge on any atom is -0.454 e. The van der Waals surface area contributed by atoms with Crippen LogP contribution in [-0.4, -0.2) is 36.4 Å². The number of rotatable bonds is 6. The summed E-state index contributed by atoms with van der Waals surface area (Å²) >= 11 is 0. The summed E-state index contributed by atoms with van der Waals surface area (Å²) in [5.74, 6) is -1.62. The molecule has 1 heterocycles. The molecule has 0 radical (unpaired) electrons. The van der Waals surface area contributed by atoms with E-state index >= 15 is 0 Å². The van der Waals surface area contributed by atoms with E-state index in [2.05, 4.69) is 0 Å². The monoisotopic (exact) mass is 358 g/mol. The third-order valence-electron chi connectivity index (χ3n) is 3.97. The molecule has 0 unspecified atom stereocenters. The van der Waals surface area contributed by atoms with E-state index in [-0.39, 0.29) is 22.5 Å². The van der Waals surface area contributed by atoms with Gasteiger partial charge >= 0.3 is 5.97 Å². The number of esters is 1. The zero-order valence-corrected chi connectivity index (χ0v) is 14.2. The summed E-state index contributed by atoms with van der Waals surface area (Å²) in [6.45, 7) is 2.17. The molecule has 1 fully saturated rings. The van der Waals surface area contributed by atoms with Gasteiger partial charge in [0.05, 0.1) is 10.5 Å². The van der Waals surface area contributed by atoms with Crippen molar-refractivity contribution in [3.8, 4) is 6.07 Å². The van der Waals surface area contributed by atoms with Gasteiger partial charge in [0, 0.05) is 24.9 Å². The Bertz CT molecular complexity index is 815. The largest absolute Gasteiger partial charge is 0.454 e. The Kier molecular flexibility index (Phi) is 5.90. The number of Topliss-reactive ketones (excluding diaryl/α,β-unsaturated/α-hetero) is 1. The highest BCUT2D eigenvalue weighted by atomic mass is 16.6. The number of allylic oxidation sites excluding steroid dienone is 1. The van der Waals surface area contributed by atoms with E-state index < -0.39 is 23.3 Å². The van der Waals surface area contributed by atoms with Crippen molar-refractivity contribution in [1.29, 1.82) is 5.26 Å². The molecule has 1 aliphatic heterocycles. The molecule has 0 aromatic heterocycles. The molecule has 0 spiro atoms. The van der Waals surface area contributed by atoms with Crippen LogP contribution in [-0.2, 0) is 9.53 Å². The summed E-state index contributed by atoms with van der Waals surface area (Å²) in [5.41, 5.74) is 5.37. The van der Waals surface area contributed by atoms with Crippen molar-refractivity contribution < 1.29 is 19.2 Å². The number of hydrogen-bond donors (Lipinski definition) is 1. The second kappa shape index (κ2) is 8.11. The van der Waals surface area contributed by atoms with Gasteiger partial charge in [-0.3, -0.25) is 14.9 Å². The van der Waals surface area contributed by atoms with Gasteiger partial charge in [0.15, 0.2) is 6.61 Å². The second-order valence-electron chi connectivity index (χ2n) is 5.82. The van der Waals surface area contributed by atoms with Gasteiger partial charge in [-0.15, -0.1) is 0 Å². The molecule has 2 rings (SSSR count). The maximum absolute atomic E-state index is 12.1. The molecule has 1 aliphatic rings. The highest BCUT2D eigenvalue weighted by Crippen LogP contribution is 2.31. The van der Waals surface area contributed by atoms with Crippen LogP contribution in [0.2, 0.25) is 0 Å². The molecule has 9 heteroatoms. The van der Waals surface area contributed by atoms with Crippen molar-refractivity contribution in [2.24, 2.45) is 5.73 Å². The molecule has 0 amide bonds. The quantitative estimate of drug-likeness (QED) is 0.266. The number of nitrogens with zero attached hydrogens (tertiary/aromatic N) is 3. The van der Waals surface area contributed by atoms with Crippen molar-refractivity contribution >= 4 is 23.1 Å². The average Bonchev–Trinajstić information content (AvgIpc) is 3.13. The van der Waals surface area contributed by atoms with Crippen molar-refractivity contribution in [2.75, 3.05) is 24.6 Å². The molecular formula is C17H18N4O5. The zero-order chi connectivity index (χ0) is 19.3. The van der Waals surface area contributed by atoms with Crippen molar-refractivity contribution in [3.05, 3.63) is 45.1 Å². The highest BCUT2D eigenvalue weighted by molar-refractivity contribution is 6.02. The smallest absolute Gasteiger partial charge is 0.338 e. The molecule has 136 valence electrons. The fourth-order valence-corrected chi connectivity index (χ4v) is 2.68. The lowest BCUT2D eigenvalue weighted by Gasteiger charge is -2.17. The van der Waals surface area contributed by atoms with Gasteiger partial charge in [0.25, 0.3) is 5.69 Å². The summed E-state index contributed by atoms with van der Waals surface area (Å²) in [6, 6.07) is 5.71. The van der Waals surface area contributed by atoms with Gasteiger partial charge in [-0.25, -0.2) is 4.79 Å². The maximum Gasteiger partial charge on any atom is 0.338 e. The molecule has 0 aliphatic carbocycles. The minimum absolute atomic E-state index is 0.0270. The first-order chi connectivity index (χ1) is 12.3. The van der Waals surface area contributed by atoms with Crippen molar-refractivity contribution in [1.82, 2.24) is 0 Å². The number of nitro benzene ring substituents is 1. The molecule has 1 aromatic rings. The first-order valence-electron chi connectivity index (χ1n) is 7.95. The van der Waals surface area contributed by atoms with Gasteiger partial charge in [-0.05, 0) is 31.9 Å². The number of ether oxygens (including phenoxy) is 1. The molecule has 26 heavy (non-hydrogen) atoms. The Morgan fingerprint density at radius 1 is 1.38 bits per heavy atom. The van der Waals surface area contributed by atoms with Crippen LogP contribution in [0.3, 0.4) is 0 Å². The maximum atomic E-state index is 12.1. The third kappa shape index (κ3) is 4.16. The number of nitrogens with two attached hydrogens (primary N) is 1. The Morgan fingerprint density at radius 2 is 2.04 bits per heavy atom. The Balaban J connectivity index is 2.16. The van der Waals surface area contributed by atoms with Gasteiger partial charge in [-0.1, -0.05) is 0 Å². The van der Waals surface area contributed by atoms with Crippen molar-refractivity contribution in [2.45, 2.75) is 19.8 Å². The highest BCUT2D eigenvalue weighted by Gasteiger charge is 2.24. The van der Waals surface area contributed by atoms with Gasteiger partial charge in [0.2, 0.25) is 5.78 Å². The van der Waals surface area contributed by atoms with E-state index in [9.17, 15) is 19.7 Å². The Hall–Kier alpha value is -3.41. The number of carbonyl (C=O) groups excluding carboxylic acids is 2. The number of anilines is 1. The average molecular weight is 358 g/mol.